The molecule has 0 aliphatic carbocycles. The number of hydrogen-bond donors (Lipinski definition) is 3. The Labute approximate surface area is 120 Å². The van der Waals surface area contributed by atoms with Crippen LogP contribution in [0.15, 0.2) is 12.1 Å². The molecule has 0 fully saturated rings. The van der Waals surface area contributed by atoms with Gasteiger partial charge in [0.25, 0.3) is 0 Å². The summed E-state index contributed by atoms with van der Waals surface area (Å²) in [5.41, 5.74) is 7.70. The van der Waals surface area contributed by atoms with Gasteiger partial charge in [-0.3, -0.25) is 0 Å². The van der Waals surface area contributed by atoms with Gasteiger partial charge in [0.15, 0.2) is 0 Å². The van der Waals surface area contributed by atoms with Crippen LogP contribution in [-0.4, -0.2) is 30.8 Å². The smallest absolute Gasteiger partial charge is 0.337 e. The van der Waals surface area contributed by atoms with E-state index in [9.17, 15) is 4.79 Å². The van der Waals surface area contributed by atoms with E-state index in [2.05, 4.69) is 19.2 Å². The lowest BCUT2D eigenvalue weighted by Crippen LogP contribution is -2.12. The Balaban J connectivity index is 2.46. The molecule has 0 unspecified atom stereocenters. The van der Waals surface area contributed by atoms with Crippen molar-refractivity contribution in [3.63, 3.8) is 0 Å². The SMILES string of the molecule is Cc1cc(NCCOCCC(C)C)cc(C(=O)O)c1N. The van der Waals surface area contributed by atoms with Crippen molar-refractivity contribution in [1.29, 1.82) is 0 Å². The topological polar surface area (TPSA) is 84.6 Å². The quantitative estimate of drug-likeness (QED) is 0.503. The average molecular weight is 280 g/mol. The Morgan fingerprint density at radius 3 is 2.70 bits per heavy atom. The number of carboxylic acid groups (broad SMARTS) is 1. The minimum absolute atomic E-state index is 0.133. The summed E-state index contributed by atoms with van der Waals surface area (Å²) in [5.74, 6) is -0.372. The zero-order valence-corrected chi connectivity index (χ0v) is 12.4. The number of carboxylic acids is 1. The number of aryl methyl sites for hydroxylation is 1. The highest BCUT2D eigenvalue weighted by Gasteiger charge is 2.11. The number of anilines is 2. The van der Waals surface area contributed by atoms with Crippen LogP contribution in [0, 0.1) is 12.8 Å². The Hall–Kier alpha value is -1.75. The van der Waals surface area contributed by atoms with Gasteiger partial charge in [-0.15, -0.1) is 0 Å². The fourth-order valence-corrected chi connectivity index (χ4v) is 1.77. The second-order valence-corrected chi connectivity index (χ2v) is 5.28. The van der Waals surface area contributed by atoms with E-state index in [0.717, 1.165) is 24.3 Å². The van der Waals surface area contributed by atoms with Crippen molar-refractivity contribution >= 4 is 17.3 Å². The third-order valence-electron chi connectivity index (χ3n) is 3.03. The van der Waals surface area contributed by atoms with Crippen LogP contribution in [0.3, 0.4) is 0 Å². The predicted octanol–water partition coefficient (Wildman–Crippen LogP) is 2.75. The first-order valence-electron chi connectivity index (χ1n) is 6.86. The van der Waals surface area contributed by atoms with Crippen LogP contribution in [-0.2, 0) is 4.74 Å². The van der Waals surface area contributed by atoms with Crippen molar-refractivity contribution < 1.29 is 14.6 Å². The van der Waals surface area contributed by atoms with Gasteiger partial charge in [0.05, 0.1) is 12.2 Å². The Kier molecular flexibility index (Phi) is 6.31. The minimum atomic E-state index is -1.01. The number of ether oxygens (including phenoxy) is 1. The fraction of sp³-hybridized carbons (Fsp3) is 0.533. The van der Waals surface area contributed by atoms with Crippen molar-refractivity contribution in [2.75, 3.05) is 30.8 Å². The number of nitrogens with two attached hydrogens (primary N) is 1. The van der Waals surface area contributed by atoms with Crippen LogP contribution in [0.5, 0.6) is 0 Å². The molecule has 0 saturated carbocycles. The number of hydrogen-bond acceptors (Lipinski definition) is 4. The molecule has 0 bridgehead atoms. The standard InChI is InChI=1S/C15H24N2O3/c1-10(2)4-6-20-7-5-17-12-8-11(3)14(16)13(9-12)15(18)19/h8-10,17H,4-7,16H2,1-3H3,(H,18,19). The molecule has 0 atom stereocenters. The van der Waals surface area contributed by atoms with Crippen LogP contribution >= 0.6 is 0 Å². The maximum absolute atomic E-state index is 11.1. The molecular weight excluding hydrogens is 256 g/mol. The average Bonchev–Trinajstić information content (AvgIpc) is 2.36. The van der Waals surface area contributed by atoms with Gasteiger partial charge in [-0.05, 0) is 37.0 Å². The first-order valence-corrected chi connectivity index (χ1v) is 6.86. The van der Waals surface area contributed by atoms with Gasteiger partial charge in [-0.1, -0.05) is 13.8 Å². The molecule has 1 aromatic rings. The largest absolute Gasteiger partial charge is 0.478 e. The summed E-state index contributed by atoms with van der Waals surface area (Å²) < 4.78 is 5.49. The second kappa shape index (κ2) is 7.75. The molecular formula is C15H24N2O3. The highest BCUT2D eigenvalue weighted by atomic mass is 16.5. The Morgan fingerprint density at radius 2 is 2.10 bits per heavy atom. The molecule has 1 aromatic carbocycles. The van der Waals surface area contributed by atoms with E-state index < -0.39 is 5.97 Å². The molecule has 0 aliphatic rings. The van der Waals surface area contributed by atoms with Crippen LogP contribution < -0.4 is 11.1 Å². The number of carbonyl (C=O) groups is 1. The third kappa shape index (κ3) is 5.09. The molecule has 0 amide bonds. The summed E-state index contributed by atoms with van der Waals surface area (Å²) in [6, 6.07) is 3.40. The minimum Gasteiger partial charge on any atom is -0.478 e. The molecule has 0 radical (unpaired) electrons. The lowest BCUT2D eigenvalue weighted by atomic mass is 10.1. The highest BCUT2D eigenvalue weighted by molar-refractivity contribution is 5.95. The van der Waals surface area contributed by atoms with E-state index >= 15 is 0 Å². The van der Waals surface area contributed by atoms with Crippen molar-refractivity contribution in [3.05, 3.63) is 23.3 Å². The van der Waals surface area contributed by atoms with Crippen LogP contribution in [0.25, 0.3) is 0 Å². The molecule has 0 aromatic heterocycles. The summed E-state index contributed by atoms with van der Waals surface area (Å²) >= 11 is 0. The summed E-state index contributed by atoms with van der Waals surface area (Å²) in [4.78, 5) is 11.1. The van der Waals surface area contributed by atoms with Gasteiger partial charge in [-0.2, -0.15) is 0 Å². The van der Waals surface area contributed by atoms with E-state index in [-0.39, 0.29) is 5.56 Å². The normalized spacial score (nSPS) is 10.8. The van der Waals surface area contributed by atoms with E-state index in [0.29, 0.717) is 24.8 Å². The molecule has 5 nitrogen and oxygen atoms in total. The maximum atomic E-state index is 11.1. The van der Waals surface area contributed by atoms with Crippen molar-refractivity contribution in [3.8, 4) is 0 Å². The maximum Gasteiger partial charge on any atom is 0.337 e. The van der Waals surface area contributed by atoms with Crippen molar-refractivity contribution in [2.45, 2.75) is 27.2 Å². The van der Waals surface area contributed by atoms with Crippen molar-refractivity contribution in [1.82, 2.24) is 0 Å². The molecule has 20 heavy (non-hydrogen) atoms. The first kappa shape index (κ1) is 16.3. The molecule has 0 saturated heterocycles. The summed E-state index contributed by atoms with van der Waals surface area (Å²) in [6.07, 6.45) is 1.05. The molecule has 0 aliphatic heterocycles. The first-order chi connectivity index (χ1) is 9.41. The van der Waals surface area contributed by atoms with Gasteiger partial charge in [0.2, 0.25) is 0 Å². The van der Waals surface area contributed by atoms with Gasteiger partial charge in [0.1, 0.15) is 0 Å². The van der Waals surface area contributed by atoms with Gasteiger partial charge >= 0.3 is 5.97 Å². The zero-order chi connectivity index (χ0) is 15.1. The Bertz CT molecular complexity index is 459. The van der Waals surface area contributed by atoms with Gasteiger partial charge < -0.3 is 20.9 Å². The summed E-state index contributed by atoms with van der Waals surface area (Å²) in [6.45, 7) is 8.10. The summed E-state index contributed by atoms with van der Waals surface area (Å²) in [7, 11) is 0. The monoisotopic (exact) mass is 280 g/mol. The zero-order valence-electron chi connectivity index (χ0n) is 12.4. The van der Waals surface area contributed by atoms with Crippen molar-refractivity contribution in [2.24, 2.45) is 5.92 Å². The second-order valence-electron chi connectivity index (χ2n) is 5.28. The Morgan fingerprint density at radius 1 is 1.40 bits per heavy atom. The van der Waals surface area contributed by atoms with Gasteiger partial charge in [0, 0.05) is 24.5 Å². The predicted molar refractivity (Wildman–Crippen MR) is 81.3 cm³/mol. The van der Waals surface area contributed by atoms with Crippen LogP contribution in [0.1, 0.15) is 36.2 Å². The molecule has 5 heteroatoms. The number of aromatic carboxylic acids is 1. The van der Waals surface area contributed by atoms with Crippen LogP contribution in [0.2, 0.25) is 0 Å². The molecule has 112 valence electrons. The fourth-order valence-electron chi connectivity index (χ4n) is 1.77. The molecule has 0 heterocycles. The van der Waals surface area contributed by atoms with E-state index in [1.54, 1.807) is 13.0 Å². The van der Waals surface area contributed by atoms with E-state index in [4.69, 9.17) is 15.6 Å². The number of nitrogens with one attached hydrogen (secondary N) is 1. The molecule has 1 rings (SSSR count). The van der Waals surface area contributed by atoms with Gasteiger partial charge in [-0.25, -0.2) is 4.79 Å². The van der Waals surface area contributed by atoms with Crippen LogP contribution in [0.4, 0.5) is 11.4 Å². The number of rotatable bonds is 8. The highest BCUT2D eigenvalue weighted by Crippen LogP contribution is 2.22. The number of benzene rings is 1. The number of nitrogen functional groups attached to an aromatic ring is 1. The molecule has 0 spiro atoms. The summed E-state index contributed by atoms with van der Waals surface area (Å²) in [5, 5.41) is 12.2. The third-order valence-corrected chi connectivity index (χ3v) is 3.03. The van der Waals surface area contributed by atoms with E-state index in [1.165, 1.54) is 0 Å². The molecule has 4 N–H and O–H groups in total. The lowest BCUT2D eigenvalue weighted by molar-refractivity contribution is 0.0698. The lowest BCUT2D eigenvalue weighted by Gasteiger charge is -2.12. The van der Waals surface area contributed by atoms with E-state index in [1.807, 2.05) is 6.07 Å².